The maximum atomic E-state index is 2.47. The van der Waals surface area contributed by atoms with E-state index in [4.69, 9.17) is 0 Å². The summed E-state index contributed by atoms with van der Waals surface area (Å²) in [7, 11) is 0. The molecule has 11 rings (SSSR count). The van der Waals surface area contributed by atoms with Crippen LogP contribution in [-0.2, 0) is 5.41 Å². The second-order valence-corrected chi connectivity index (χ2v) is 14.8. The van der Waals surface area contributed by atoms with E-state index in [0.29, 0.717) is 0 Å². The van der Waals surface area contributed by atoms with Crippen LogP contribution in [0.5, 0.6) is 0 Å². The highest BCUT2D eigenvalue weighted by atomic mass is 15.1. The molecule has 0 saturated carbocycles. The predicted molar refractivity (Wildman–Crippen MR) is 234 cm³/mol. The molecule has 262 valence electrons. The summed E-state index contributed by atoms with van der Waals surface area (Å²) in [6.07, 6.45) is 0. The van der Waals surface area contributed by atoms with Crippen LogP contribution < -0.4 is 4.90 Å². The Kier molecular flexibility index (Phi) is 7.47. The lowest BCUT2D eigenvalue weighted by atomic mass is 9.70. The van der Waals surface area contributed by atoms with Crippen LogP contribution in [0.25, 0.3) is 55.6 Å². The molecule has 0 heterocycles. The first-order chi connectivity index (χ1) is 27.8. The molecule has 0 radical (unpaired) electrons. The van der Waals surface area contributed by atoms with Gasteiger partial charge in [0.05, 0.1) is 11.1 Å². The van der Waals surface area contributed by atoms with Gasteiger partial charge in [0, 0.05) is 16.9 Å². The monoisotopic (exact) mass is 711 g/mol. The summed E-state index contributed by atoms with van der Waals surface area (Å²) < 4.78 is 0. The van der Waals surface area contributed by atoms with Crippen LogP contribution in [0.1, 0.15) is 22.3 Å². The Balaban J connectivity index is 1.14. The van der Waals surface area contributed by atoms with E-state index in [2.05, 4.69) is 229 Å². The van der Waals surface area contributed by atoms with E-state index >= 15 is 0 Å². The van der Waals surface area contributed by atoms with E-state index in [1.54, 1.807) is 0 Å². The minimum atomic E-state index is -0.419. The number of nitrogens with zero attached hydrogens (tertiary/aromatic N) is 1. The fraction of sp³-hybridized carbons (Fsp3) is 0.0182. The van der Waals surface area contributed by atoms with Crippen LogP contribution >= 0.6 is 0 Å². The topological polar surface area (TPSA) is 3.24 Å². The number of fused-ring (bicyclic) bond motifs is 10. The van der Waals surface area contributed by atoms with Gasteiger partial charge in [-0.2, -0.15) is 0 Å². The number of hydrogen-bond acceptors (Lipinski definition) is 1. The second-order valence-electron chi connectivity index (χ2n) is 14.8. The maximum absolute atomic E-state index is 2.47. The maximum Gasteiger partial charge on any atom is 0.0726 e. The van der Waals surface area contributed by atoms with Crippen LogP contribution in [-0.4, -0.2) is 0 Å². The molecule has 1 nitrogen and oxygen atoms in total. The summed E-state index contributed by atoms with van der Waals surface area (Å²) in [5.74, 6) is 0. The third kappa shape index (κ3) is 4.88. The van der Waals surface area contributed by atoms with Gasteiger partial charge in [-0.25, -0.2) is 0 Å². The number of benzene rings is 9. The molecule has 9 aromatic carbocycles. The zero-order chi connectivity index (χ0) is 37.1. The number of rotatable bonds is 6. The van der Waals surface area contributed by atoms with Gasteiger partial charge in [0.25, 0.3) is 0 Å². The molecule has 0 atom stereocenters. The van der Waals surface area contributed by atoms with E-state index in [1.165, 1.54) is 77.9 Å². The third-order valence-electron chi connectivity index (χ3n) is 11.9. The molecule has 0 fully saturated rings. The second kappa shape index (κ2) is 13.0. The minimum Gasteiger partial charge on any atom is -0.310 e. The van der Waals surface area contributed by atoms with Crippen molar-refractivity contribution in [1.82, 2.24) is 0 Å². The molecule has 1 spiro atoms. The average Bonchev–Trinajstić information content (AvgIpc) is 3.76. The van der Waals surface area contributed by atoms with Crippen molar-refractivity contribution in [2.24, 2.45) is 0 Å². The van der Waals surface area contributed by atoms with Crippen LogP contribution in [0.15, 0.2) is 224 Å². The predicted octanol–water partition coefficient (Wildman–Crippen LogP) is 14.5. The lowest BCUT2D eigenvalue weighted by Gasteiger charge is -2.32. The van der Waals surface area contributed by atoms with Gasteiger partial charge < -0.3 is 4.90 Å². The van der Waals surface area contributed by atoms with E-state index < -0.39 is 5.41 Å². The Bertz CT molecular complexity index is 2860. The molecular weight excluding hydrogens is 675 g/mol. The molecule has 0 unspecified atom stereocenters. The van der Waals surface area contributed by atoms with Crippen LogP contribution in [0.2, 0.25) is 0 Å². The molecule has 0 N–H and O–H groups in total. The molecule has 0 aromatic heterocycles. The standard InChI is InChI=1S/C55H37N/c1-3-16-38(17-4-1)40-32-34-44(35-33-40)56(45-23-14-22-43(37-45)42-21-13-20-41(36-42)39-18-5-2-6-19-39)53-31-15-30-52-54(53)48-26-9-12-29-51(48)55(52)49-27-10-7-24-46(49)47-25-8-11-28-50(47)55/h1-37H. The minimum absolute atomic E-state index is 0.419. The molecule has 0 amide bonds. The van der Waals surface area contributed by atoms with E-state index in [0.717, 1.165) is 17.1 Å². The van der Waals surface area contributed by atoms with Gasteiger partial charge in [-0.3, -0.25) is 0 Å². The lowest BCUT2D eigenvalue weighted by Crippen LogP contribution is -2.26. The average molecular weight is 712 g/mol. The van der Waals surface area contributed by atoms with E-state index in [-0.39, 0.29) is 0 Å². The Hall–Kier alpha value is -7.22. The molecule has 0 aliphatic heterocycles. The number of hydrogen-bond donors (Lipinski definition) is 0. The van der Waals surface area contributed by atoms with Gasteiger partial charge in [-0.1, -0.05) is 188 Å². The quantitative estimate of drug-likeness (QED) is 0.166. The molecule has 2 aliphatic carbocycles. The summed E-state index contributed by atoms with van der Waals surface area (Å²) in [5, 5.41) is 0. The highest BCUT2D eigenvalue weighted by Crippen LogP contribution is 2.64. The zero-order valence-corrected chi connectivity index (χ0v) is 30.8. The first-order valence-corrected chi connectivity index (χ1v) is 19.4. The van der Waals surface area contributed by atoms with Crippen molar-refractivity contribution in [2.75, 3.05) is 4.90 Å². The fourth-order valence-electron chi connectivity index (χ4n) is 9.50. The molecule has 2 aliphatic rings. The third-order valence-corrected chi connectivity index (χ3v) is 11.9. The Morgan fingerprint density at radius 3 is 1.34 bits per heavy atom. The summed E-state index contributed by atoms with van der Waals surface area (Å²) in [6, 6.07) is 82.4. The molecule has 0 saturated heterocycles. The fourth-order valence-corrected chi connectivity index (χ4v) is 9.50. The van der Waals surface area contributed by atoms with Crippen molar-refractivity contribution >= 4 is 17.1 Å². The zero-order valence-electron chi connectivity index (χ0n) is 30.8. The van der Waals surface area contributed by atoms with Crippen molar-refractivity contribution < 1.29 is 0 Å². The largest absolute Gasteiger partial charge is 0.310 e. The van der Waals surface area contributed by atoms with Gasteiger partial charge in [0.15, 0.2) is 0 Å². The van der Waals surface area contributed by atoms with Crippen LogP contribution in [0.4, 0.5) is 17.1 Å². The van der Waals surface area contributed by atoms with Crippen molar-refractivity contribution in [1.29, 1.82) is 0 Å². The summed E-state index contributed by atoms with van der Waals surface area (Å²) in [4.78, 5) is 2.47. The van der Waals surface area contributed by atoms with Crippen molar-refractivity contribution in [3.05, 3.63) is 247 Å². The van der Waals surface area contributed by atoms with Gasteiger partial charge in [-0.15, -0.1) is 0 Å². The van der Waals surface area contributed by atoms with E-state index in [1.807, 2.05) is 0 Å². The highest BCUT2D eigenvalue weighted by molar-refractivity contribution is 6.01. The van der Waals surface area contributed by atoms with Gasteiger partial charge in [0.2, 0.25) is 0 Å². The van der Waals surface area contributed by atoms with Crippen molar-refractivity contribution in [2.45, 2.75) is 5.41 Å². The van der Waals surface area contributed by atoms with Gasteiger partial charge in [0.1, 0.15) is 0 Å². The SMILES string of the molecule is c1ccc(-c2ccc(N(c3cccc(-c4cccc(-c5ccccc5)c4)c3)c3cccc4c3-c3ccccc3C43c4ccccc4-c4ccccc43)cc2)cc1. The summed E-state index contributed by atoms with van der Waals surface area (Å²) in [5.41, 5.74) is 20.7. The summed E-state index contributed by atoms with van der Waals surface area (Å²) >= 11 is 0. The Labute approximate surface area is 328 Å². The molecule has 56 heavy (non-hydrogen) atoms. The first-order valence-electron chi connectivity index (χ1n) is 19.4. The van der Waals surface area contributed by atoms with Crippen molar-refractivity contribution in [3.8, 4) is 55.6 Å². The Morgan fingerprint density at radius 1 is 0.268 bits per heavy atom. The highest BCUT2D eigenvalue weighted by Gasteiger charge is 2.52. The molecule has 1 heteroatoms. The summed E-state index contributed by atoms with van der Waals surface area (Å²) in [6.45, 7) is 0. The van der Waals surface area contributed by atoms with Crippen LogP contribution in [0.3, 0.4) is 0 Å². The molecule has 0 bridgehead atoms. The van der Waals surface area contributed by atoms with Gasteiger partial charge >= 0.3 is 0 Å². The molecular formula is C55H37N. The molecule has 9 aromatic rings. The Morgan fingerprint density at radius 2 is 0.696 bits per heavy atom. The smallest absolute Gasteiger partial charge is 0.0726 e. The first kappa shape index (κ1) is 32.2. The van der Waals surface area contributed by atoms with Gasteiger partial charge in [-0.05, 0) is 109 Å². The lowest BCUT2D eigenvalue weighted by molar-refractivity contribution is 0.794. The van der Waals surface area contributed by atoms with Crippen LogP contribution in [0, 0.1) is 0 Å². The van der Waals surface area contributed by atoms with Crippen molar-refractivity contribution in [3.63, 3.8) is 0 Å². The van der Waals surface area contributed by atoms with E-state index in [9.17, 15) is 0 Å². The normalized spacial score (nSPS) is 12.8. The number of anilines is 3.